The molecule has 1 aromatic heterocycles. The molecule has 2 aromatic rings. The lowest BCUT2D eigenvalue weighted by Gasteiger charge is -2.13. The summed E-state index contributed by atoms with van der Waals surface area (Å²) >= 11 is 11.3. The van der Waals surface area contributed by atoms with Crippen LogP contribution in [-0.2, 0) is 0 Å². The molecular formula is C12H10BrClOS. The van der Waals surface area contributed by atoms with Crippen molar-refractivity contribution in [2.45, 2.75) is 4.83 Å². The van der Waals surface area contributed by atoms with E-state index in [4.69, 9.17) is 16.3 Å². The van der Waals surface area contributed by atoms with E-state index in [0.717, 1.165) is 16.3 Å². The summed E-state index contributed by atoms with van der Waals surface area (Å²) in [6.07, 6.45) is 0. The van der Waals surface area contributed by atoms with E-state index in [1.807, 2.05) is 18.2 Å². The molecular weight excluding hydrogens is 308 g/mol. The molecule has 0 N–H and O–H groups in total. The second-order valence-electron chi connectivity index (χ2n) is 3.31. The third kappa shape index (κ3) is 2.42. The summed E-state index contributed by atoms with van der Waals surface area (Å²) in [5.41, 5.74) is 2.26. The Bertz CT molecular complexity index is 470. The van der Waals surface area contributed by atoms with Crippen LogP contribution in [0.25, 0.3) is 0 Å². The molecule has 0 aliphatic rings. The number of ether oxygens (including phenoxy) is 1. The summed E-state index contributed by atoms with van der Waals surface area (Å²) in [5, 5.41) is 4.89. The fraction of sp³-hybridized carbons (Fsp3) is 0.167. The van der Waals surface area contributed by atoms with E-state index in [9.17, 15) is 0 Å². The van der Waals surface area contributed by atoms with Crippen LogP contribution < -0.4 is 4.74 Å². The van der Waals surface area contributed by atoms with Gasteiger partial charge in [-0.3, -0.25) is 0 Å². The molecule has 16 heavy (non-hydrogen) atoms. The third-order valence-electron chi connectivity index (χ3n) is 2.30. The van der Waals surface area contributed by atoms with Crippen molar-refractivity contribution in [2.75, 3.05) is 7.11 Å². The van der Waals surface area contributed by atoms with Gasteiger partial charge in [0, 0.05) is 10.6 Å². The summed E-state index contributed by atoms with van der Waals surface area (Å²) in [5.74, 6) is 0.845. The number of benzene rings is 1. The number of halogens is 2. The van der Waals surface area contributed by atoms with E-state index >= 15 is 0 Å². The zero-order chi connectivity index (χ0) is 11.5. The van der Waals surface area contributed by atoms with E-state index in [0.29, 0.717) is 0 Å². The van der Waals surface area contributed by atoms with Gasteiger partial charge in [0.25, 0.3) is 0 Å². The van der Waals surface area contributed by atoms with Crippen molar-refractivity contribution >= 4 is 38.9 Å². The molecule has 1 unspecified atom stereocenters. The van der Waals surface area contributed by atoms with Crippen molar-refractivity contribution in [3.63, 3.8) is 0 Å². The van der Waals surface area contributed by atoms with E-state index in [1.165, 1.54) is 5.56 Å². The Hall–Kier alpha value is -0.510. The molecule has 1 heterocycles. The highest BCUT2D eigenvalue weighted by Crippen LogP contribution is 2.38. The van der Waals surface area contributed by atoms with Crippen molar-refractivity contribution in [3.8, 4) is 5.75 Å². The van der Waals surface area contributed by atoms with Crippen LogP contribution in [0.2, 0.25) is 5.02 Å². The summed E-state index contributed by atoms with van der Waals surface area (Å²) in [6, 6.07) is 7.73. The highest BCUT2D eigenvalue weighted by molar-refractivity contribution is 9.09. The lowest BCUT2D eigenvalue weighted by molar-refractivity contribution is 0.410. The first kappa shape index (κ1) is 12.0. The van der Waals surface area contributed by atoms with E-state index < -0.39 is 0 Å². The van der Waals surface area contributed by atoms with Gasteiger partial charge >= 0.3 is 0 Å². The zero-order valence-electron chi connectivity index (χ0n) is 8.61. The number of hydrogen-bond donors (Lipinski definition) is 0. The van der Waals surface area contributed by atoms with E-state index in [1.54, 1.807) is 18.4 Å². The van der Waals surface area contributed by atoms with Gasteiger partial charge in [-0.2, -0.15) is 11.3 Å². The Morgan fingerprint density at radius 2 is 2.19 bits per heavy atom. The summed E-state index contributed by atoms with van der Waals surface area (Å²) in [7, 11) is 1.67. The Kier molecular flexibility index (Phi) is 3.90. The monoisotopic (exact) mass is 316 g/mol. The average Bonchev–Trinajstić information content (AvgIpc) is 2.81. The molecule has 84 valence electrons. The van der Waals surface area contributed by atoms with Crippen LogP contribution in [0.5, 0.6) is 5.75 Å². The number of methoxy groups -OCH3 is 1. The Morgan fingerprint density at radius 1 is 1.38 bits per heavy atom. The minimum absolute atomic E-state index is 0.118. The van der Waals surface area contributed by atoms with Crippen LogP contribution in [0.15, 0.2) is 35.0 Å². The van der Waals surface area contributed by atoms with Gasteiger partial charge in [0.1, 0.15) is 5.75 Å². The van der Waals surface area contributed by atoms with Crippen molar-refractivity contribution in [1.29, 1.82) is 0 Å². The quantitative estimate of drug-likeness (QED) is 0.732. The molecule has 2 rings (SSSR count). The Balaban J connectivity index is 2.42. The van der Waals surface area contributed by atoms with Crippen LogP contribution in [0, 0.1) is 0 Å². The smallest absolute Gasteiger partial charge is 0.123 e. The lowest BCUT2D eigenvalue weighted by Crippen LogP contribution is -1.95. The third-order valence-corrected chi connectivity index (χ3v) is 4.26. The molecule has 0 saturated heterocycles. The molecule has 0 bridgehead atoms. The molecule has 0 spiro atoms. The molecule has 0 aliphatic heterocycles. The second-order valence-corrected chi connectivity index (χ2v) is 5.44. The molecule has 0 amide bonds. The van der Waals surface area contributed by atoms with Gasteiger partial charge in [0.15, 0.2) is 0 Å². The highest BCUT2D eigenvalue weighted by Gasteiger charge is 2.15. The number of hydrogen-bond acceptors (Lipinski definition) is 2. The topological polar surface area (TPSA) is 9.23 Å². The van der Waals surface area contributed by atoms with Crippen LogP contribution in [0.3, 0.4) is 0 Å². The highest BCUT2D eigenvalue weighted by atomic mass is 79.9. The number of rotatable bonds is 3. The fourth-order valence-electron chi connectivity index (χ4n) is 1.50. The molecule has 1 atom stereocenters. The van der Waals surface area contributed by atoms with Gasteiger partial charge in [0.05, 0.1) is 11.9 Å². The molecule has 0 aliphatic carbocycles. The molecule has 0 radical (unpaired) electrons. The Labute approximate surface area is 112 Å². The van der Waals surface area contributed by atoms with Gasteiger partial charge in [-0.15, -0.1) is 0 Å². The average molecular weight is 318 g/mol. The first-order valence-corrected chi connectivity index (χ1v) is 6.95. The molecule has 1 nitrogen and oxygen atoms in total. The van der Waals surface area contributed by atoms with Gasteiger partial charge in [-0.05, 0) is 40.6 Å². The van der Waals surface area contributed by atoms with Crippen LogP contribution in [0.1, 0.15) is 16.0 Å². The van der Waals surface area contributed by atoms with Crippen molar-refractivity contribution < 1.29 is 4.74 Å². The molecule has 0 saturated carbocycles. The minimum Gasteiger partial charge on any atom is -0.496 e. The lowest BCUT2D eigenvalue weighted by atomic mass is 10.1. The van der Waals surface area contributed by atoms with Gasteiger partial charge in [-0.1, -0.05) is 27.5 Å². The molecule has 0 fully saturated rings. The van der Waals surface area contributed by atoms with Crippen LogP contribution >= 0.6 is 38.9 Å². The van der Waals surface area contributed by atoms with E-state index in [2.05, 4.69) is 32.8 Å². The van der Waals surface area contributed by atoms with E-state index in [-0.39, 0.29) is 4.83 Å². The maximum absolute atomic E-state index is 6.01. The maximum atomic E-state index is 6.01. The van der Waals surface area contributed by atoms with Crippen LogP contribution in [0.4, 0.5) is 0 Å². The SMILES string of the molecule is COc1ccc(Cl)cc1C(Br)c1ccsc1. The normalized spacial score (nSPS) is 12.4. The maximum Gasteiger partial charge on any atom is 0.123 e. The predicted octanol–water partition coefficient (Wildman–Crippen LogP) is 4.89. The van der Waals surface area contributed by atoms with Gasteiger partial charge in [-0.25, -0.2) is 0 Å². The fourth-order valence-corrected chi connectivity index (χ4v) is 3.19. The number of alkyl halides is 1. The first-order chi connectivity index (χ1) is 7.72. The zero-order valence-corrected chi connectivity index (χ0v) is 11.8. The van der Waals surface area contributed by atoms with Crippen molar-refractivity contribution in [2.24, 2.45) is 0 Å². The first-order valence-electron chi connectivity index (χ1n) is 4.72. The minimum atomic E-state index is 0.118. The van der Waals surface area contributed by atoms with Crippen molar-refractivity contribution in [1.82, 2.24) is 0 Å². The largest absolute Gasteiger partial charge is 0.496 e. The second kappa shape index (κ2) is 5.21. The molecule has 4 heteroatoms. The Morgan fingerprint density at radius 3 is 2.81 bits per heavy atom. The summed E-state index contributed by atoms with van der Waals surface area (Å²) in [4.78, 5) is 0.118. The van der Waals surface area contributed by atoms with Crippen LogP contribution in [-0.4, -0.2) is 7.11 Å². The standard InChI is InChI=1S/C12H10BrClOS/c1-15-11-3-2-9(14)6-10(11)12(13)8-4-5-16-7-8/h2-7,12H,1H3. The summed E-state index contributed by atoms with van der Waals surface area (Å²) < 4.78 is 5.33. The van der Waals surface area contributed by atoms with Gasteiger partial charge in [0.2, 0.25) is 0 Å². The summed E-state index contributed by atoms with van der Waals surface area (Å²) in [6.45, 7) is 0. The van der Waals surface area contributed by atoms with Crippen molar-refractivity contribution in [3.05, 3.63) is 51.2 Å². The number of thiophene rings is 1. The molecule has 1 aromatic carbocycles. The van der Waals surface area contributed by atoms with Gasteiger partial charge < -0.3 is 4.74 Å². The predicted molar refractivity (Wildman–Crippen MR) is 73.1 cm³/mol.